The molecule has 0 heterocycles. The van der Waals surface area contributed by atoms with Gasteiger partial charge in [0.2, 0.25) is 0 Å². The smallest absolute Gasteiger partial charge is 0.324 e. The second-order valence-corrected chi connectivity index (χ2v) is 2.66. The fourth-order valence-electron chi connectivity index (χ4n) is 0.969. The van der Waals surface area contributed by atoms with Gasteiger partial charge in [-0.3, -0.25) is 4.79 Å². The summed E-state index contributed by atoms with van der Waals surface area (Å²) in [5.41, 5.74) is 2.34. The fourth-order valence-corrected chi connectivity index (χ4v) is 0.969. The molecule has 0 fully saturated rings. The number of carbonyl (C=O) groups excluding carboxylic acids is 1. The normalized spacial score (nSPS) is 12.5. The summed E-state index contributed by atoms with van der Waals surface area (Å²) in [6.45, 7) is 0.601. The van der Waals surface area contributed by atoms with E-state index in [0.29, 0.717) is 19.4 Å². The summed E-state index contributed by atoms with van der Waals surface area (Å²) in [5.74, 6) is -0.251. The van der Waals surface area contributed by atoms with Gasteiger partial charge in [-0.05, 0) is 13.5 Å². The highest BCUT2D eigenvalue weighted by molar-refractivity contribution is 5.68. The van der Waals surface area contributed by atoms with Crippen LogP contribution >= 0.6 is 0 Å². The molecule has 0 bridgehead atoms. The van der Waals surface area contributed by atoms with E-state index in [2.05, 4.69) is 15.6 Å². The lowest BCUT2D eigenvalue weighted by molar-refractivity contribution is -0.150. The van der Waals surface area contributed by atoms with Crippen LogP contribution in [0.1, 0.15) is 12.8 Å². The molecule has 5 nitrogen and oxygen atoms in total. The highest BCUT2D eigenvalue weighted by Gasteiger charge is 2.09. The maximum absolute atomic E-state index is 10.9. The van der Waals surface area contributed by atoms with E-state index in [-0.39, 0.29) is 12.0 Å². The molecule has 0 aromatic rings. The third-order valence-corrected chi connectivity index (χ3v) is 1.69. The Labute approximate surface area is 78.7 Å². The monoisotopic (exact) mass is 190 g/mol. The lowest BCUT2D eigenvalue weighted by Gasteiger charge is -2.13. The molecule has 78 valence electrons. The number of likely N-dealkylation sites (N-methyl/N-ethyl adjacent to an activating group) is 1. The highest BCUT2D eigenvalue weighted by Crippen LogP contribution is 1.98. The molecule has 1 unspecified atom stereocenters. The number of hydrogen-bond acceptors (Lipinski definition) is 5. The van der Waals surface area contributed by atoms with E-state index in [1.807, 2.05) is 7.05 Å². The van der Waals surface area contributed by atoms with Gasteiger partial charge in [-0.2, -0.15) is 5.48 Å². The zero-order valence-electron chi connectivity index (χ0n) is 8.42. The van der Waals surface area contributed by atoms with Crippen molar-refractivity contribution in [2.75, 3.05) is 27.8 Å². The molecule has 0 aromatic heterocycles. The van der Waals surface area contributed by atoms with Crippen molar-refractivity contribution in [3.05, 3.63) is 0 Å². The summed E-state index contributed by atoms with van der Waals surface area (Å²) < 4.78 is 4.96. The van der Waals surface area contributed by atoms with E-state index in [9.17, 15) is 4.79 Å². The molecular formula is C8H18N2O3. The average Bonchev–Trinajstić information content (AvgIpc) is 2.12. The summed E-state index contributed by atoms with van der Waals surface area (Å²) in [6, 6.07) is 0.203. The minimum absolute atomic E-state index is 0.203. The fraction of sp³-hybridized carbons (Fsp3) is 0.875. The third kappa shape index (κ3) is 6.51. The Hall–Kier alpha value is -0.650. The number of rotatable bonds is 7. The van der Waals surface area contributed by atoms with Gasteiger partial charge in [0.1, 0.15) is 0 Å². The molecule has 0 rings (SSSR count). The summed E-state index contributed by atoms with van der Waals surface area (Å²) in [7, 11) is 5.03. The predicted molar refractivity (Wildman–Crippen MR) is 49.1 cm³/mol. The first-order valence-corrected chi connectivity index (χ1v) is 4.27. The van der Waals surface area contributed by atoms with Crippen molar-refractivity contribution in [2.24, 2.45) is 0 Å². The molecule has 0 aromatic carbocycles. The van der Waals surface area contributed by atoms with Gasteiger partial charge in [0.15, 0.2) is 0 Å². The topological polar surface area (TPSA) is 59.6 Å². The van der Waals surface area contributed by atoms with Crippen LogP contribution in [0.25, 0.3) is 0 Å². The average molecular weight is 190 g/mol. The van der Waals surface area contributed by atoms with Gasteiger partial charge in [-0.15, -0.1) is 0 Å². The Morgan fingerprint density at radius 3 is 2.62 bits per heavy atom. The van der Waals surface area contributed by atoms with Crippen LogP contribution in [0.3, 0.4) is 0 Å². The summed E-state index contributed by atoms with van der Waals surface area (Å²) in [5, 5.41) is 3.05. The SMILES string of the molecule is CNOC(=O)CCC(COC)NC. The first-order chi connectivity index (χ1) is 6.24. The lowest BCUT2D eigenvalue weighted by atomic mass is 10.2. The molecule has 0 amide bonds. The Kier molecular flexibility index (Phi) is 7.57. The molecule has 13 heavy (non-hydrogen) atoms. The van der Waals surface area contributed by atoms with Crippen LogP contribution in [0.15, 0.2) is 0 Å². The quantitative estimate of drug-likeness (QED) is 0.539. The zero-order chi connectivity index (χ0) is 10.1. The van der Waals surface area contributed by atoms with Crippen molar-refractivity contribution in [3.63, 3.8) is 0 Å². The number of nitrogens with one attached hydrogen (secondary N) is 2. The molecule has 2 N–H and O–H groups in total. The van der Waals surface area contributed by atoms with Crippen LogP contribution in [0.5, 0.6) is 0 Å². The van der Waals surface area contributed by atoms with E-state index < -0.39 is 0 Å². The van der Waals surface area contributed by atoms with Crippen molar-refractivity contribution in [1.29, 1.82) is 0 Å². The minimum Gasteiger partial charge on any atom is -0.383 e. The molecule has 0 radical (unpaired) electrons. The molecule has 0 saturated carbocycles. The third-order valence-electron chi connectivity index (χ3n) is 1.69. The van der Waals surface area contributed by atoms with E-state index in [1.54, 1.807) is 14.2 Å². The second-order valence-electron chi connectivity index (χ2n) is 2.66. The molecular weight excluding hydrogens is 172 g/mol. The number of methoxy groups -OCH3 is 1. The second kappa shape index (κ2) is 7.97. The first kappa shape index (κ1) is 12.3. The van der Waals surface area contributed by atoms with Gasteiger partial charge in [0.05, 0.1) is 6.61 Å². The van der Waals surface area contributed by atoms with Crippen LogP contribution in [0.2, 0.25) is 0 Å². The number of ether oxygens (including phenoxy) is 1. The van der Waals surface area contributed by atoms with Gasteiger partial charge >= 0.3 is 5.97 Å². The van der Waals surface area contributed by atoms with Crippen molar-refractivity contribution in [2.45, 2.75) is 18.9 Å². The molecule has 0 aliphatic carbocycles. The van der Waals surface area contributed by atoms with Crippen LogP contribution in [0.4, 0.5) is 0 Å². The van der Waals surface area contributed by atoms with E-state index in [1.165, 1.54) is 0 Å². The molecule has 0 saturated heterocycles. The maximum Gasteiger partial charge on any atom is 0.324 e. The van der Waals surface area contributed by atoms with Crippen molar-refractivity contribution < 1.29 is 14.4 Å². The molecule has 1 atom stereocenters. The molecule has 0 spiro atoms. The predicted octanol–water partition coefficient (Wildman–Crippen LogP) is -0.321. The standard InChI is InChI=1S/C8H18N2O3/c1-9-7(6-12-3)4-5-8(11)13-10-2/h7,9-10H,4-6H2,1-3H3. The van der Waals surface area contributed by atoms with Gasteiger partial charge in [-0.1, -0.05) is 0 Å². The Morgan fingerprint density at radius 1 is 1.46 bits per heavy atom. The summed E-state index contributed by atoms with van der Waals surface area (Å²) in [4.78, 5) is 15.5. The summed E-state index contributed by atoms with van der Waals surface area (Å²) >= 11 is 0. The molecule has 5 heteroatoms. The van der Waals surface area contributed by atoms with Crippen LogP contribution in [-0.4, -0.2) is 39.8 Å². The summed E-state index contributed by atoms with van der Waals surface area (Å²) in [6.07, 6.45) is 1.10. The number of hydroxylamine groups is 1. The largest absolute Gasteiger partial charge is 0.383 e. The Bertz CT molecular complexity index is 141. The van der Waals surface area contributed by atoms with E-state index in [4.69, 9.17) is 4.74 Å². The van der Waals surface area contributed by atoms with E-state index >= 15 is 0 Å². The van der Waals surface area contributed by atoms with Crippen LogP contribution in [-0.2, 0) is 14.4 Å². The van der Waals surface area contributed by atoms with E-state index in [0.717, 1.165) is 0 Å². The van der Waals surface area contributed by atoms with Crippen LogP contribution < -0.4 is 10.8 Å². The maximum atomic E-state index is 10.9. The van der Waals surface area contributed by atoms with Gasteiger partial charge in [-0.25, -0.2) is 0 Å². The highest BCUT2D eigenvalue weighted by atomic mass is 16.7. The molecule has 0 aliphatic rings. The lowest BCUT2D eigenvalue weighted by Crippen LogP contribution is -2.31. The van der Waals surface area contributed by atoms with Gasteiger partial charge < -0.3 is 14.9 Å². The Morgan fingerprint density at radius 2 is 2.15 bits per heavy atom. The van der Waals surface area contributed by atoms with Gasteiger partial charge in [0.25, 0.3) is 0 Å². The number of carbonyl (C=O) groups is 1. The minimum atomic E-state index is -0.251. The van der Waals surface area contributed by atoms with Crippen LogP contribution in [0, 0.1) is 0 Å². The molecule has 0 aliphatic heterocycles. The zero-order valence-corrected chi connectivity index (χ0v) is 8.42. The van der Waals surface area contributed by atoms with Crippen molar-refractivity contribution in [1.82, 2.24) is 10.8 Å². The Balaban J connectivity index is 3.52. The van der Waals surface area contributed by atoms with Gasteiger partial charge in [0, 0.05) is 26.6 Å². The van der Waals surface area contributed by atoms with Crippen molar-refractivity contribution in [3.8, 4) is 0 Å². The van der Waals surface area contributed by atoms with Crippen molar-refractivity contribution >= 4 is 5.97 Å². The number of hydrogen-bond donors (Lipinski definition) is 2. The first-order valence-electron chi connectivity index (χ1n) is 4.27.